The Kier molecular flexibility index (Phi) is 15.0. The van der Waals surface area contributed by atoms with E-state index in [9.17, 15) is 8.42 Å². The Morgan fingerprint density at radius 2 is 1.21 bits per heavy atom. The second-order valence-electron chi connectivity index (χ2n) is 8.68. The predicted octanol–water partition coefficient (Wildman–Crippen LogP) is 0.768. The third-order valence-corrected chi connectivity index (χ3v) is 7.41. The minimum absolute atomic E-state index is 0. The van der Waals surface area contributed by atoms with Gasteiger partial charge in [-0.3, -0.25) is 0 Å². The van der Waals surface area contributed by atoms with Crippen LogP contribution in [0.3, 0.4) is 0 Å². The van der Waals surface area contributed by atoms with Gasteiger partial charge >= 0.3 is 19.5 Å². The molecule has 1 N–H and O–H groups in total. The van der Waals surface area contributed by atoms with Crippen molar-refractivity contribution in [1.29, 1.82) is 0 Å². The summed E-state index contributed by atoms with van der Waals surface area (Å²) < 4.78 is 31.3. The molecule has 0 saturated carbocycles. The summed E-state index contributed by atoms with van der Waals surface area (Å²) in [6.45, 7) is 2.67. The van der Waals surface area contributed by atoms with E-state index in [4.69, 9.17) is 0 Å². The summed E-state index contributed by atoms with van der Waals surface area (Å²) in [5.74, 6) is 0. The maximum atomic E-state index is 13.4. The van der Waals surface area contributed by atoms with Crippen LogP contribution >= 0.6 is 0 Å². The Morgan fingerprint density at radius 3 is 1.76 bits per heavy atom. The third kappa shape index (κ3) is 9.61. The van der Waals surface area contributed by atoms with Crippen molar-refractivity contribution < 1.29 is 52.7 Å². The Labute approximate surface area is 252 Å². The van der Waals surface area contributed by atoms with E-state index in [0.717, 1.165) is 36.1 Å². The van der Waals surface area contributed by atoms with Crippen molar-refractivity contribution in [2.45, 2.75) is 36.7 Å². The Morgan fingerprint density at radius 1 is 0.711 bits per heavy atom. The summed E-state index contributed by atoms with van der Waals surface area (Å²) >= 11 is 0. The number of hydrogen-bond donors (Lipinski definition) is 1. The van der Waals surface area contributed by atoms with E-state index in [2.05, 4.69) is 34.3 Å². The molecule has 8 heteroatoms. The molecule has 0 aliphatic carbocycles. The average molecular weight is 656 g/mol. The average Bonchev–Trinajstić information content (AvgIpc) is 2.89. The first kappa shape index (κ1) is 34.0. The number of hydrogen-bond acceptors (Lipinski definition) is 3. The third-order valence-electron chi connectivity index (χ3n) is 6.04. The van der Waals surface area contributed by atoms with Gasteiger partial charge in [0.2, 0.25) is 0 Å². The van der Waals surface area contributed by atoms with E-state index < -0.39 is 16.1 Å². The van der Waals surface area contributed by atoms with Crippen molar-refractivity contribution in [3.63, 3.8) is 0 Å². The van der Waals surface area contributed by atoms with Crippen LogP contribution in [0.2, 0.25) is 0 Å². The molecule has 4 nitrogen and oxygen atoms in total. The molecule has 0 aromatic heterocycles. The molecular weight excluding hydrogens is 624 g/mol. The van der Waals surface area contributed by atoms with Crippen LogP contribution in [0, 0.1) is 6.92 Å². The molecule has 0 aliphatic rings. The topological polar surface area (TPSA) is 60.3 Å². The fourth-order valence-corrected chi connectivity index (χ4v) is 5.30. The van der Waals surface area contributed by atoms with Gasteiger partial charge in [0.25, 0.3) is 0 Å². The zero-order chi connectivity index (χ0) is 24.5. The van der Waals surface area contributed by atoms with Crippen LogP contribution in [0.5, 0.6) is 0 Å². The molecule has 4 aromatic rings. The van der Waals surface area contributed by atoms with Crippen molar-refractivity contribution in [3.05, 3.63) is 142 Å². The van der Waals surface area contributed by atoms with Crippen LogP contribution in [0.1, 0.15) is 40.8 Å². The zero-order valence-corrected chi connectivity index (χ0v) is 25.1. The molecule has 201 valence electrons. The van der Waals surface area contributed by atoms with Crippen LogP contribution in [0.25, 0.3) is 4.72 Å². The second kappa shape index (κ2) is 16.8. The fourth-order valence-electron chi connectivity index (χ4n) is 4.15. The first-order valence-electron chi connectivity index (χ1n) is 11.9. The molecule has 4 rings (SSSR count). The van der Waals surface area contributed by atoms with Gasteiger partial charge in [0.15, 0.2) is 0 Å². The van der Waals surface area contributed by atoms with Crippen LogP contribution in [0.15, 0.2) is 120 Å². The largest absolute Gasteiger partial charge is 3.00 e. The Balaban J connectivity index is 0.00000241. The quantitative estimate of drug-likeness (QED) is 0.192. The van der Waals surface area contributed by atoms with Gasteiger partial charge in [-0.15, -0.1) is 0 Å². The first-order chi connectivity index (χ1) is 17.0. The molecule has 4 aromatic carbocycles. The van der Waals surface area contributed by atoms with Crippen molar-refractivity contribution in [2.75, 3.05) is 6.54 Å². The number of rotatable bonds is 11. The number of benzene rings is 4. The SMILES string of the molecule is Cc1ccc(S(=O)(=O)[N-][C@@H](c2ccccc2)[C@@H](NCCCc2ccccc2)c2ccccc2)cc1.[Cl-].[Cl-].[Ru+3]. The number of sulfonamides is 1. The van der Waals surface area contributed by atoms with Crippen LogP contribution in [-0.2, 0) is 35.9 Å². The summed E-state index contributed by atoms with van der Waals surface area (Å²) in [6.07, 6.45) is 1.88. The molecule has 0 saturated heterocycles. The molecule has 0 aliphatic heterocycles. The molecule has 0 fully saturated rings. The molecule has 0 bridgehead atoms. The van der Waals surface area contributed by atoms with E-state index in [1.165, 1.54) is 5.56 Å². The molecular formula is C30H31Cl2N2O2RuS. The summed E-state index contributed by atoms with van der Waals surface area (Å²) in [4.78, 5) is 0.208. The van der Waals surface area contributed by atoms with Gasteiger partial charge in [0.1, 0.15) is 10.0 Å². The molecule has 0 amide bonds. The fraction of sp³-hybridized carbons (Fsp3) is 0.200. The predicted molar refractivity (Wildman–Crippen MR) is 143 cm³/mol. The van der Waals surface area contributed by atoms with Crippen molar-refractivity contribution in [1.82, 2.24) is 5.32 Å². The van der Waals surface area contributed by atoms with Gasteiger partial charge in [-0.2, -0.15) is 0 Å². The van der Waals surface area contributed by atoms with E-state index >= 15 is 0 Å². The van der Waals surface area contributed by atoms with Crippen molar-refractivity contribution >= 4 is 10.0 Å². The number of nitrogens with one attached hydrogen (secondary N) is 1. The zero-order valence-electron chi connectivity index (χ0n) is 21.0. The van der Waals surface area contributed by atoms with Crippen LogP contribution in [-0.4, -0.2) is 15.0 Å². The van der Waals surface area contributed by atoms with Crippen molar-refractivity contribution in [3.8, 4) is 0 Å². The van der Waals surface area contributed by atoms with Gasteiger partial charge in [0, 0.05) is 10.9 Å². The monoisotopic (exact) mass is 655 g/mol. The molecule has 1 radical (unpaired) electrons. The van der Waals surface area contributed by atoms with E-state index in [0.29, 0.717) is 0 Å². The minimum atomic E-state index is -3.87. The van der Waals surface area contributed by atoms with E-state index in [1.807, 2.05) is 73.7 Å². The molecule has 0 heterocycles. The maximum absolute atomic E-state index is 13.4. The Bertz CT molecular complexity index is 1290. The molecule has 0 unspecified atom stereocenters. The molecule has 0 spiro atoms. The summed E-state index contributed by atoms with van der Waals surface area (Å²) in [5, 5.41) is 3.63. The summed E-state index contributed by atoms with van der Waals surface area (Å²) in [6, 6.07) is 36.0. The smallest absolute Gasteiger partial charge is 1.00 e. The van der Waals surface area contributed by atoms with Crippen LogP contribution < -0.4 is 30.1 Å². The van der Waals surface area contributed by atoms with Crippen molar-refractivity contribution in [2.24, 2.45) is 0 Å². The summed E-state index contributed by atoms with van der Waals surface area (Å²) in [5.41, 5.74) is 4.15. The molecule has 38 heavy (non-hydrogen) atoms. The van der Waals surface area contributed by atoms with Gasteiger partial charge in [0.05, 0.1) is 0 Å². The number of aryl methyl sites for hydroxylation is 2. The second-order valence-corrected chi connectivity index (χ2v) is 10.3. The number of halogens is 2. The Hall–Kier alpha value is -2.05. The standard InChI is InChI=1S/C30H31N2O2S.2ClH.Ru/c1-24-19-21-28(22-20-24)35(33,34)32-30(27-17-9-4-10-18-27)29(26-15-7-3-8-16-26)31-23-11-14-25-12-5-2-6-13-25;;;/h2-10,12-13,15-22,29-31H,11,14,23H2,1H3;2*1H;/q-1;;;+3/p-2/t29-,30-;;;/m0.../s1. The number of nitrogens with zero attached hydrogens (tertiary/aromatic N) is 1. The van der Waals surface area contributed by atoms with Gasteiger partial charge in [-0.1, -0.05) is 120 Å². The van der Waals surface area contributed by atoms with Gasteiger partial charge < -0.3 is 34.9 Å². The van der Waals surface area contributed by atoms with Gasteiger partial charge in [-0.05, 0) is 49.6 Å². The normalized spacial score (nSPS) is 12.2. The first-order valence-corrected chi connectivity index (χ1v) is 13.4. The van der Waals surface area contributed by atoms with E-state index in [-0.39, 0.29) is 55.2 Å². The van der Waals surface area contributed by atoms with E-state index in [1.54, 1.807) is 24.3 Å². The summed E-state index contributed by atoms with van der Waals surface area (Å²) in [7, 11) is -3.87. The maximum Gasteiger partial charge on any atom is 3.00 e. The minimum Gasteiger partial charge on any atom is -1.00 e. The van der Waals surface area contributed by atoms with Gasteiger partial charge in [-0.25, -0.2) is 8.42 Å². The molecule has 2 atom stereocenters. The van der Waals surface area contributed by atoms with Crippen LogP contribution in [0.4, 0.5) is 0 Å².